The molecule has 0 fully saturated rings. The first-order chi connectivity index (χ1) is 9.10. The summed E-state index contributed by atoms with van der Waals surface area (Å²) in [6.07, 6.45) is 0.727. The van der Waals surface area contributed by atoms with Crippen molar-refractivity contribution in [3.8, 4) is 5.75 Å². The topological polar surface area (TPSA) is 43.4 Å². The number of carbonyl (C=O) groups excluding carboxylic acids is 2. The van der Waals surface area contributed by atoms with Crippen molar-refractivity contribution in [1.82, 2.24) is 0 Å². The first-order valence-corrected chi connectivity index (χ1v) is 6.91. The summed E-state index contributed by atoms with van der Waals surface area (Å²) in [5, 5.41) is 0. The molecule has 0 saturated heterocycles. The fourth-order valence-electron chi connectivity index (χ4n) is 1.45. The minimum absolute atomic E-state index is 0.371. The summed E-state index contributed by atoms with van der Waals surface area (Å²) in [4.78, 5) is 22.6. The van der Waals surface area contributed by atoms with Gasteiger partial charge < -0.3 is 4.74 Å². The van der Waals surface area contributed by atoms with E-state index in [0.29, 0.717) is 21.3 Å². The number of benzene rings is 2. The number of esters is 1. The van der Waals surface area contributed by atoms with Crippen LogP contribution in [-0.2, 0) is 0 Å². The Morgan fingerprint density at radius 1 is 1.11 bits per heavy atom. The highest BCUT2D eigenvalue weighted by Gasteiger charge is 2.11. The maximum absolute atomic E-state index is 11.9. The van der Waals surface area contributed by atoms with Crippen molar-refractivity contribution >= 4 is 44.1 Å². The van der Waals surface area contributed by atoms with E-state index < -0.39 is 5.97 Å². The molecule has 0 heterocycles. The van der Waals surface area contributed by atoms with E-state index in [4.69, 9.17) is 4.74 Å². The molecule has 0 atom stereocenters. The van der Waals surface area contributed by atoms with Gasteiger partial charge in [0.15, 0.2) is 0 Å². The average Bonchev–Trinajstić information content (AvgIpc) is 2.41. The third kappa shape index (κ3) is 3.52. The molecule has 2 aromatic carbocycles. The van der Waals surface area contributed by atoms with Crippen LogP contribution < -0.4 is 4.74 Å². The van der Waals surface area contributed by atoms with Crippen molar-refractivity contribution in [1.29, 1.82) is 0 Å². The molecule has 0 bridgehead atoms. The van der Waals surface area contributed by atoms with Crippen LogP contribution in [0.15, 0.2) is 51.4 Å². The summed E-state index contributed by atoms with van der Waals surface area (Å²) in [6, 6.07) is 11.7. The van der Waals surface area contributed by atoms with E-state index in [0.717, 1.165) is 10.8 Å². The molecule has 0 aliphatic carbocycles. The molecule has 96 valence electrons. The normalized spacial score (nSPS) is 10.0. The first kappa shape index (κ1) is 14.0. The van der Waals surface area contributed by atoms with Crippen molar-refractivity contribution in [3.05, 3.63) is 62.5 Å². The molecular formula is C14H8Br2O3. The maximum atomic E-state index is 11.9. The molecule has 0 N–H and O–H groups in total. The molecule has 0 radical (unpaired) electrons. The molecule has 0 spiro atoms. The van der Waals surface area contributed by atoms with E-state index in [-0.39, 0.29) is 0 Å². The smallest absolute Gasteiger partial charge is 0.343 e. The quantitative estimate of drug-likeness (QED) is 0.452. The minimum Gasteiger partial charge on any atom is -0.422 e. The molecule has 19 heavy (non-hydrogen) atoms. The Bertz CT molecular complexity index is 638. The van der Waals surface area contributed by atoms with Crippen molar-refractivity contribution < 1.29 is 14.3 Å². The Hall–Kier alpha value is -1.46. The number of ether oxygens (including phenoxy) is 1. The Balaban J connectivity index is 2.21. The van der Waals surface area contributed by atoms with Gasteiger partial charge in [0.1, 0.15) is 12.0 Å². The number of rotatable bonds is 3. The molecule has 2 rings (SSSR count). The molecular weight excluding hydrogens is 376 g/mol. The van der Waals surface area contributed by atoms with Gasteiger partial charge in [-0.05, 0) is 52.3 Å². The van der Waals surface area contributed by atoms with Gasteiger partial charge in [-0.15, -0.1) is 0 Å². The van der Waals surface area contributed by atoms with E-state index >= 15 is 0 Å². The lowest BCUT2D eigenvalue weighted by atomic mass is 10.2. The van der Waals surface area contributed by atoms with E-state index in [1.807, 2.05) is 6.07 Å². The highest BCUT2D eigenvalue weighted by Crippen LogP contribution is 2.26. The molecule has 0 aromatic heterocycles. The van der Waals surface area contributed by atoms with E-state index in [1.165, 1.54) is 0 Å². The first-order valence-electron chi connectivity index (χ1n) is 5.32. The lowest BCUT2D eigenvalue weighted by Gasteiger charge is -2.07. The van der Waals surface area contributed by atoms with Gasteiger partial charge in [0.2, 0.25) is 0 Å². The van der Waals surface area contributed by atoms with Crippen LogP contribution in [-0.4, -0.2) is 12.3 Å². The summed E-state index contributed by atoms with van der Waals surface area (Å²) in [5.74, 6) is -0.0866. The van der Waals surface area contributed by atoms with Crippen LogP contribution in [0.2, 0.25) is 0 Å². The zero-order chi connectivity index (χ0) is 13.8. The highest BCUT2D eigenvalue weighted by atomic mass is 79.9. The van der Waals surface area contributed by atoms with Crippen LogP contribution in [0.4, 0.5) is 0 Å². The van der Waals surface area contributed by atoms with Gasteiger partial charge in [0, 0.05) is 10.0 Å². The van der Waals surface area contributed by atoms with Crippen LogP contribution in [0.5, 0.6) is 5.75 Å². The number of halogens is 2. The van der Waals surface area contributed by atoms with Crippen LogP contribution in [0.1, 0.15) is 20.7 Å². The van der Waals surface area contributed by atoms with Crippen LogP contribution in [0.3, 0.4) is 0 Å². The van der Waals surface area contributed by atoms with Gasteiger partial charge in [-0.2, -0.15) is 0 Å². The predicted octanol–water partition coefficient (Wildman–Crippen LogP) is 4.24. The standard InChI is InChI=1S/C14H8Br2O3/c15-11-3-1-2-10(7-11)14(18)19-13-5-4-9(8-17)6-12(13)16/h1-8H. The van der Waals surface area contributed by atoms with E-state index in [2.05, 4.69) is 31.9 Å². The summed E-state index contributed by atoms with van der Waals surface area (Å²) >= 11 is 6.55. The van der Waals surface area contributed by atoms with Crippen LogP contribution in [0, 0.1) is 0 Å². The number of hydrogen-bond donors (Lipinski definition) is 0. The summed E-state index contributed by atoms with van der Waals surface area (Å²) in [5.41, 5.74) is 0.954. The monoisotopic (exact) mass is 382 g/mol. The number of aldehydes is 1. The van der Waals surface area contributed by atoms with Crippen LogP contribution in [0.25, 0.3) is 0 Å². The predicted molar refractivity (Wildman–Crippen MR) is 78.6 cm³/mol. The second-order valence-electron chi connectivity index (χ2n) is 3.71. The van der Waals surface area contributed by atoms with Gasteiger partial charge in [-0.3, -0.25) is 4.79 Å². The summed E-state index contributed by atoms with van der Waals surface area (Å²) < 4.78 is 6.62. The zero-order valence-corrected chi connectivity index (χ0v) is 12.8. The van der Waals surface area contributed by atoms with Crippen molar-refractivity contribution in [3.63, 3.8) is 0 Å². The third-order valence-corrected chi connectivity index (χ3v) is 3.47. The lowest BCUT2D eigenvalue weighted by Crippen LogP contribution is -2.08. The lowest BCUT2D eigenvalue weighted by molar-refractivity contribution is 0.0733. The molecule has 0 amide bonds. The largest absolute Gasteiger partial charge is 0.422 e. The van der Waals surface area contributed by atoms with Gasteiger partial charge in [0.05, 0.1) is 10.0 Å². The molecule has 0 saturated carbocycles. The molecule has 5 heteroatoms. The minimum atomic E-state index is -0.458. The Kier molecular flexibility index (Phi) is 4.50. The van der Waals surface area contributed by atoms with E-state index in [9.17, 15) is 9.59 Å². The average molecular weight is 384 g/mol. The molecule has 0 unspecified atom stereocenters. The SMILES string of the molecule is O=Cc1ccc(OC(=O)c2cccc(Br)c2)c(Br)c1. The van der Waals surface area contributed by atoms with Crippen molar-refractivity contribution in [2.75, 3.05) is 0 Å². The fourth-order valence-corrected chi connectivity index (χ4v) is 2.32. The van der Waals surface area contributed by atoms with Gasteiger partial charge in [0.25, 0.3) is 0 Å². The van der Waals surface area contributed by atoms with E-state index in [1.54, 1.807) is 36.4 Å². The summed E-state index contributed by atoms with van der Waals surface area (Å²) in [6.45, 7) is 0. The second-order valence-corrected chi connectivity index (χ2v) is 5.48. The number of carbonyl (C=O) groups is 2. The third-order valence-electron chi connectivity index (χ3n) is 2.35. The van der Waals surface area contributed by atoms with Gasteiger partial charge in [-0.25, -0.2) is 4.79 Å². The van der Waals surface area contributed by atoms with Crippen molar-refractivity contribution in [2.24, 2.45) is 0 Å². The molecule has 2 aromatic rings. The second kappa shape index (κ2) is 6.12. The molecule has 0 aliphatic heterocycles. The molecule has 3 nitrogen and oxygen atoms in total. The maximum Gasteiger partial charge on any atom is 0.343 e. The zero-order valence-electron chi connectivity index (χ0n) is 9.60. The number of hydrogen-bond acceptors (Lipinski definition) is 3. The Morgan fingerprint density at radius 3 is 2.53 bits per heavy atom. The van der Waals surface area contributed by atoms with Gasteiger partial charge in [-0.1, -0.05) is 22.0 Å². The Labute approximate surface area is 126 Å². The Morgan fingerprint density at radius 2 is 1.89 bits per heavy atom. The van der Waals surface area contributed by atoms with Gasteiger partial charge >= 0.3 is 5.97 Å². The van der Waals surface area contributed by atoms with Crippen molar-refractivity contribution in [2.45, 2.75) is 0 Å². The molecule has 0 aliphatic rings. The highest BCUT2D eigenvalue weighted by molar-refractivity contribution is 9.10. The van der Waals surface area contributed by atoms with Crippen LogP contribution >= 0.6 is 31.9 Å². The fraction of sp³-hybridized carbons (Fsp3) is 0. The summed E-state index contributed by atoms with van der Waals surface area (Å²) in [7, 11) is 0.